The van der Waals surface area contributed by atoms with Crippen LogP contribution in [0.1, 0.15) is 102 Å². The van der Waals surface area contributed by atoms with Crippen molar-refractivity contribution in [3.8, 4) is 11.5 Å². The number of benzene rings is 4. The first-order valence-electron chi connectivity index (χ1n) is 17.7. The number of hydrogen-bond donors (Lipinski definition) is 4. The van der Waals surface area contributed by atoms with Crippen LogP contribution in [-0.4, -0.2) is 58.8 Å². The third-order valence-electron chi connectivity index (χ3n) is 10.1. The molecule has 0 unspecified atom stereocenters. The first-order valence-corrected chi connectivity index (χ1v) is 17.7. The summed E-state index contributed by atoms with van der Waals surface area (Å²) in [5, 5.41) is 48.9. The summed E-state index contributed by atoms with van der Waals surface area (Å²) in [5.41, 5.74) is 3.38. The zero-order valence-corrected chi connectivity index (χ0v) is 28.3. The smallest absolute Gasteiger partial charge is 0.127 e. The van der Waals surface area contributed by atoms with Crippen molar-refractivity contribution in [2.24, 2.45) is 0 Å². The molecule has 46 heavy (non-hydrogen) atoms. The van der Waals surface area contributed by atoms with Gasteiger partial charge in [-0.3, -0.25) is 0 Å². The van der Waals surface area contributed by atoms with Crippen molar-refractivity contribution < 1.29 is 20.4 Å². The Morgan fingerprint density at radius 3 is 1.17 bits per heavy atom. The van der Waals surface area contributed by atoms with Gasteiger partial charge in [-0.15, -0.1) is 0 Å². The van der Waals surface area contributed by atoms with Gasteiger partial charge in [0.1, 0.15) is 11.5 Å². The fourth-order valence-corrected chi connectivity index (χ4v) is 7.14. The van der Waals surface area contributed by atoms with Gasteiger partial charge in [0.15, 0.2) is 0 Å². The Morgan fingerprint density at radius 1 is 0.500 bits per heavy atom. The van der Waals surface area contributed by atoms with E-state index >= 15 is 0 Å². The Balaban J connectivity index is 1.37. The first-order chi connectivity index (χ1) is 22.3. The van der Waals surface area contributed by atoms with Gasteiger partial charge < -0.3 is 30.2 Å². The van der Waals surface area contributed by atoms with E-state index in [0.717, 1.165) is 99.7 Å². The van der Waals surface area contributed by atoms with Crippen molar-refractivity contribution >= 4 is 32.9 Å². The highest BCUT2D eigenvalue weighted by molar-refractivity contribution is 5.93. The van der Waals surface area contributed by atoms with E-state index in [1.165, 1.54) is 0 Å². The molecule has 0 heterocycles. The Morgan fingerprint density at radius 2 is 0.848 bits per heavy atom. The van der Waals surface area contributed by atoms with Gasteiger partial charge in [-0.05, 0) is 72.9 Å². The lowest BCUT2D eigenvalue weighted by Crippen LogP contribution is -2.51. The molecule has 1 saturated carbocycles. The molecule has 4 aromatic carbocycles. The van der Waals surface area contributed by atoms with E-state index in [-0.39, 0.29) is 11.5 Å². The first kappa shape index (κ1) is 33.9. The molecule has 1 aliphatic carbocycles. The molecule has 0 amide bonds. The molecule has 1 aliphatic rings. The van der Waals surface area contributed by atoms with Crippen molar-refractivity contribution in [3.05, 3.63) is 71.8 Å². The van der Waals surface area contributed by atoms with E-state index in [4.69, 9.17) is 0 Å². The van der Waals surface area contributed by atoms with E-state index in [0.29, 0.717) is 21.9 Å². The molecule has 6 heteroatoms. The molecule has 0 saturated heterocycles. The number of unbranched alkanes of at least 4 members (excludes halogenated alkanes) is 4. The van der Waals surface area contributed by atoms with E-state index in [1.54, 1.807) is 0 Å². The van der Waals surface area contributed by atoms with Gasteiger partial charge in [-0.25, -0.2) is 0 Å². The van der Waals surface area contributed by atoms with Crippen LogP contribution in [0.25, 0.3) is 21.5 Å². The van der Waals surface area contributed by atoms with Crippen LogP contribution in [0, 0.1) is 0 Å². The number of hydrogen-bond acceptors (Lipinski definition) is 6. The minimum atomic E-state index is -0.947. The molecule has 4 N–H and O–H groups in total. The second-order valence-corrected chi connectivity index (χ2v) is 13.2. The van der Waals surface area contributed by atoms with Crippen molar-refractivity contribution in [1.82, 2.24) is 0 Å². The summed E-state index contributed by atoms with van der Waals surface area (Å²) in [6, 6.07) is 19.9. The molecule has 248 valence electrons. The summed E-state index contributed by atoms with van der Waals surface area (Å²) in [4.78, 5) is 4.85. The second-order valence-electron chi connectivity index (χ2n) is 13.2. The number of aliphatic hydroxyl groups excluding tert-OH is 2. The molecule has 6 nitrogen and oxygen atoms in total. The van der Waals surface area contributed by atoms with Gasteiger partial charge in [0.25, 0.3) is 0 Å². The van der Waals surface area contributed by atoms with Gasteiger partial charge in [0, 0.05) is 71.3 Å². The predicted molar refractivity (Wildman–Crippen MR) is 193 cm³/mol. The van der Waals surface area contributed by atoms with E-state index in [2.05, 4.69) is 61.8 Å². The molecule has 5 rings (SSSR count). The van der Waals surface area contributed by atoms with Crippen LogP contribution in [0.4, 0.5) is 11.4 Å². The third-order valence-corrected chi connectivity index (χ3v) is 10.1. The molecule has 1 fully saturated rings. The maximum atomic E-state index is 11.4. The average Bonchev–Trinajstić information content (AvgIpc) is 3.07. The molecular formula is C40H54N2O4. The predicted octanol–water partition coefficient (Wildman–Crippen LogP) is 8.82. The van der Waals surface area contributed by atoms with Gasteiger partial charge >= 0.3 is 0 Å². The zero-order chi connectivity index (χ0) is 32.8. The normalized spacial score (nSPS) is 19.4. The van der Waals surface area contributed by atoms with Gasteiger partial charge in [0.05, 0.1) is 12.2 Å². The number of phenolic OH excluding ortho intramolecular Hbond substituents is 2. The molecular weight excluding hydrogens is 572 g/mol. The van der Waals surface area contributed by atoms with Crippen molar-refractivity contribution in [2.45, 2.75) is 103 Å². The zero-order valence-electron chi connectivity index (χ0n) is 28.3. The van der Waals surface area contributed by atoms with Crippen molar-refractivity contribution in [1.29, 1.82) is 0 Å². The second kappa shape index (κ2) is 15.4. The van der Waals surface area contributed by atoms with E-state index in [9.17, 15) is 20.4 Å². The standard InChI is InChI=1S/C40H54N2O4/c1-5-9-21-41(22-10-6-2)29-15-19-31-27(25-29)13-17-33(37(31)43)35-39(45)36(40(35)46)34-18-14-28-26-30(16-20-32(28)38(34)44)42(23-11-7-3)24-12-8-4/h13-20,25-26,35-36,39-40,43-46H,5-12,21-24H2,1-4H3. The summed E-state index contributed by atoms with van der Waals surface area (Å²) in [5.74, 6) is -1.10. The number of anilines is 2. The number of nitrogens with zero attached hydrogens (tertiary/aromatic N) is 2. The quantitative estimate of drug-likeness (QED) is 0.0994. The van der Waals surface area contributed by atoms with Gasteiger partial charge in [0.2, 0.25) is 0 Å². The lowest BCUT2D eigenvalue weighted by atomic mass is 9.62. The molecule has 0 atom stereocenters. The molecule has 0 bridgehead atoms. The van der Waals surface area contributed by atoms with Gasteiger partial charge in [-0.1, -0.05) is 77.6 Å². The van der Waals surface area contributed by atoms with Crippen LogP contribution in [0.5, 0.6) is 11.5 Å². The van der Waals surface area contributed by atoms with Gasteiger partial charge in [-0.2, -0.15) is 0 Å². The SMILES string of the molecule is CCCCN(CCCC)c1ccc2c(O)c(C3C(O)C(c4ccc5cc(N(CCCC)CCCC)ccc5c4O)C3O)ccc2c1. The molecule has 0 aliphatic heterocycles. The summed E-state index contributed by atoms with van der Waals surface area (Å²) in [7, 11) is 0. The number of rotatable bonds is 16. The van der Waals surface area contributed by atoms with Crippen molar-refractivity contribution in [3.63, 3.8) is 0 Å². The fourth-order valence-electron chi connectivity index (χ4n) is 7.14. The highest BCUT2D eigenvalue weighted by atomic mass is 16.3. The average molecular weight is 627 g/mol. The molecule has 4 aromatic rings. The summed E-state index contributed by atoms with van der Waals surface area (Å²) >= 11 is 0. The number of aliphatic hydroxyl groups is 2. The summed E-state index contributed by atoms with van der Waals surface area (Å²) < 4.78 is 0. The number of fused-ring (bicyclic) bond motifs is 2. The Labute approximate surface area is 275 Å². The Hall–Kier alpha value is -3.48. The fraction of sp³-hybridized carbons (Fsp3) is 0.500. The van der Waals surface area contributed by atoms with Crippen LogP contribution in [0.2, 0.25) is 0 Å². The lowest BCUT2D eigenvalue weighted by molar-refractivity contribution is -0.0796. The minimum Gasteiger partial charge on any atom is -0.507 e. The van der Waals surface area contributed by atoms with Crippen LogP contribution in [-0.2, 0) is 0 Å². The maximum absolute atomic E-state index is 11.4. The highest BCUT2D eigenvalue weighted by Gasteiger charge is 2.52. The largest absolute Gasteiger partial charge is 0.507 e. The van der Waals surface area contributed by atoms with Crippen LogP contribution in [0.3, 0.4) is 0 Å². The Kier molecular flexibility index (Phi) is 11.3. The molecule has 0 radical (unpaired) electrons. The van der Waals surface area contributed by atoms with Crippen LogP contribution < -0.4 is 9.80 Å². The summed E-state index contributed by atoms with van der Waals surface area (Å²) in [6.07, 6.45) is 7.21. The molecule has 0 spiro atoms. The molecule has 0 aromatic heterocycles. The van der Waals surface area contributed by atoms with Crippen LogP contribution >= 0.6 is 0 Å². The third kappa shape index (κ3) is 6.79. The maximum Gasteiger partial charge on any atom is 0.127 e. The monoisotopic (exact) mass is 626 g/mol. The van der Waals surface area contributed by atoms with E-state index < -0.39 is 24.0 Å². The Bertz CT molecular complexity index is 1460. The number of aromatic hydroxyl groups is 2. The lowest BCUT2D eigenvalue weighted by Gasteiger charge is -2.47. The number of phenols is 2. The van der Waals surface area contributed by atoms with E-state index in [1.807, 2.05) is 36.4 Å². The minimum absolute atomic E-state index is 0.102. The summed E-state index contributed by atoms with van der Waals surface area (Å²) in [6.45, 7) is 12.9. The van der Waals surface area contributed by atoms with Crippen LogP contribution in [0.15, 0.2) is 60.7 Å². The highest BCUT2D eigenvalue weighted by Crippen LogP contribution is 2.53. The topological polar surface area (TPSA) is 87.4 Å². The van der Waals surface area contributed by atoms with Crippen molar-refractivity contribution in [2.75, 3.05) is 36.0 Å².